The maximum Gasteiger partial charge on any atom is 0.472 e. The predicted molar refractivity (Wildman–Crippen MR) is 221 cm³/mol. The number of phosphoric acid groups is 1. The van der Waals surface area contributed by atoms with Crippen LogP contribution in [0.25, 0.3) is 0 Å². The molecular formula is C43H77O13P. The van der Waals surface area contributed by atoms with Crippen LogP contribution in [-0.2, 0) is 32.7 Å². The number of ether oxygens (including phenoxy) is 2. The van der Waals surface area contributed by atoms with E-state index >= 15 is 0 Å². The average Bonchev–Trinajstić information content (AvgIpc) is 3.19. The minimum atomic E-state index is -5.12. The molecule has 0 spiro atoms. The molecule has 14 heteroatoms. The van der Waals surface area contributed by atoms with E-state index in [1.54, 1.807) is 0 Å². The number of hydrogen-bond acceptors (Lipinski definition) is 12. The molecule has 0 aliphatic heterocycles. The molecule has 57 heavy (non-hydrogen) atoms. The largest absolute Gasteiger partial charge is 0.472 e. The Kier molecular flexibility index (Phi) is 31.5. The molecule has 0 amide bonds. The summed E-state index contributed by atoms with van der Waals surface area (Å²) in [5, 5.41) is 50.0. The lowest BCUT2D eigenvalue weighted by Gasteiger charge is -2.41. The van der Waals surface area contributed by atoms with Gasteiger partial charge in [-0.15, -0.1) is 0 Å². The highest BCUT2D eigenvalue weighted by atomic mass is 31.2. The first-order valence-corrected chi connectivity index (χ1v) is 23.3. The smallest absolute Gasteiger partial charge is 0.462 e. The summed E-state index contributed by atoms with van der Waals surface area (Å²) in [6, 6.07) is 0. The summed E-state index contributed by atoms with van der Waals surface area (Å²) in [4.78, 5) is 35.6. The number of hydrogen-bond donors (Lipinski definition) is 6. The van der Waals surface area contributed by atoms with E-state index in [-0.39, 0.29) is 12.8 Å². The van der Waals surface area contributed by atoms with E-state index in [9.17, 15) is 44.6 Å². The number of carbonyl (C=O) groups excluding carboxylic acids is 2. The topological polar surface area (TPSA) is 210 Å². The molecule has 6 N–H and O–H groups in total. The molecule has 1 rings (SSSR count). The van der Waals surface area contributed by atoms with Crippen molar-refractivity contribution in [2.24, 2.45) is 0 Å². The van der Waals surface area contributed by atoms with E-state index < -0.39 is 75.7 Å². The highest BCUT2D eigenvalue weighted by Crippen LogP contribution is 2.47. The zero-order valence-electron chi connectivity index (χ0n) is 34.9. The Hall–Kier alpha value is -1.93. The van der Waals surface area contributed by atoms with Gasteiger partial charge in [-0.3, -0.25) is 18.6 Å². The van der Waals surface area contributed by atoms with Crippen molar-refractivity contribution in [3.8, 4) is 0 Å². The van der Waals surface area contributed by atoms with Crippen LogP contribution in [0.5, 0.6) is 0 Å². The van der Waals surface area contributed by atoms with Crippen molar-refractivity contribution >= 4 is 19.8 Å². The van der Waals surface area contributed by atoms with E-state index in [2.05, 4.69) is 50.3 Å². The van der Waals surface area contributed by atoms with Crippen molar-refractivity contribution in [3.63, 3.8) is 0 Å². The second-order valence-corrected chi connectivity index (χ2v) is 16.6. The molecule has 13 nitrogen and oxygen atoms in total. The van der Waals surface area contributed by atoms with Gasteiger partial charge >= 0.3 is 19.8 Å². The summed E-state index contributed by atoms with van der Waals surface area (Å²) >= 11 is 0. The molecule has 0 radical (unpaired) electrons. The van der Waals surface area contributed by atoms with Crippen molar-refractivity contribution in [1.82, 2.24) is 0 Å². The lowest BCUT2D eigenvalue weighted by molar-refractivity contribution is -0.220. The minimum Gasteiger partial charge on any atom is -0.462 e. The highest BCUT2D eigenvalue weighted by Gasteiger charge is 2.51. The van der Waals surface area contributed by atoms with Crippen molar-refractivity contribution in [2.75, 3.05) is 13.2 Å². The number of carbonyl (C=O) groups is 2. The quantitative estimate of drug-likeness (QED) is 0.0156. The SMILES string of the molecule is CC/C=C/C/C=C/C/C=C/CCCCCCCC(=O)OC[C@@H](COP(=O)(O)OC1C(O)C(O)C(O)[C@H](O)C1O)OC(=O)CCCCCCCCCCCCCCC. The summed E-state index contributed by atoms with van der Waals surface area (Å²) in [5.41, 5.74) is 0. The highest BCUT2D eigenvalue weighted by molar-refractivity contribution is 7.47. The Bertz CT molecular complexity index is 1150. The fourth-order valence-electron chi connectivity index (χ4n) is 6.48. The molecule has 8 atom stereocenters. The first-order chi connectivity index (χ1) is 27.4. The van der Waals surface area contributed by atoms with Gasteiger partial charge in [-0.2, -0.15) is 0 Å². The zero-order chi connectivity index (χ0) is 42.2. The van der Waals surface area contributed by atoms with Crippen LogP contribution in [0.4, 0.5) is 0 Å². The Labute approximate surface area is 342 Å². The summed E-state index contributed by atoms with van der Waals surface area (Å²) < 4.78 is 33.4. The number of rotatable bonds is 35. The lowest BCUT2D eigenvalue weighted by atomic mass is 9.85. The van der Waals surface area contributed by atoms with Gasteiger partial charge in [0.2, 0.25) is 0 Å². The normalized spacial score (nSPS) is 23.0. The standard InChI is InChI=1S/C43H77O13P/c1-3-5-7-9-11-13-15-17-18-20-21-23-25-27-29-31-36(44)53-33-35(34-54-57(51,52)56-43-41(49)39(47)38(46)40(48)42(43)50)55-37(45)32-30-28-26-24-22-19-16-14-12-10-8-6-4-2/h5,7,11,13,17-18,35,38-43,46-50H,3-4,6,8-10,12,14-16,19-34H2,1-2H3,(H,51,52)/b7-5+,13-11+,18-17+/t35-,38?,39-,40?,41?,42?,43?/m0/s1. The van der Waals surface area contributed by atoms with E-state index in [0.717, 1.165) is 77.0 Å². The molecule has 0 aromatic heterocycles. The third-order valence-electron chi connectivity index (χ3n) is 10.00. The second-order valence-electron chi connectivity index (χ2n) is 15.2. The van der Waals surface area contributed by atoms with E-state index in [1.165, 1.54) is 51.4 Å². The van der Waals surface area contributed by atoms with E-state index in [4.69, 9.17) is 18.5 Å². The Morgan fingerprint density at radius 1 is 0.561 bits per heavy atom. The Balaban J connectivity index is 2.50. The van der Waals surface area contributed by atoms with Gasteiger partial charge in [0, 0.05) is 12.8 Å². The van der Waals surface area contributed by atoms with Gasteiger partial charge in [-0.25, -0.2) is 4.57 Å². The fraction of sp³-hybridized carbons (Fsp3) is 0.814. The number of unbranched alkanes of at least 4 members (excludes halogenated alkanes) is 17. The maximum atomic E-state index is 12.8. The summed E-state index contributed by atoms with van der Waals surface area (Å²) in [6.07, 6.45) is 23.5. The number of esters is 2. The number of allylic oxidation sites excluding steroid dienone is 6. The third-order valence-corrected chi connectivity index (χ3v) is 11.0. The van der Waals surface area contributed by atoms with E-state index in [1.807, 2.05) is 0 Å². The Morgan fingerprint density at radius 2 is 1.00 bits per heavy atom. The molecule has 1 fully saturated rings. The van der Waals surface area contributed by atoms with Crippen LogP contribution in [0.1, 0.15) is 168 Å². The lowest BCUT2D eigenvalue weighted by Crippen LogP contribution is -2.64. The second kappa shape index (κ2) is 33.9. The van der Waals surface area contributed by atoms with Crippen LogP contribution in [0, 0.1) is 0 Å². The summed E-state index contributed by atoms with van der Waals surface area (Å²) in [7, 11) is -5.12. The van der Waals surface area contributed by atoms with Gasteiger partial charge in [0.05, 0.1) is 6.61 Å². The van der Waals surface area contributed by atoms with Gasteiger partial charge in [0.1, 0.15) is 43.2 Å². The van der Waals surface area contributed by atoms with Gasteiger partial charge in [-0.1, -0.05) is 147 Å². The Morgan fingerprint density at radius 3 is 1.53 bits per heavy atom. The molecule has 1 aliphatic rings. The molecular weight excluding hydrogens is 755 g/mol. The van der Waals surface area contributed by atoms with Crippen LogP contribution in [0.15, 0.2) is 36.5 Å². The molecule has 1 aliphatic carbocycles. The molecule has 0 bridgehead atoms. The van der Waals surface area contributed by atoms with Crippen LogP contribution in [-0.4, -0.2) is 98.3 Å². The zero-order valence-corrected chi connectivity index (χ0v) is 35.8. The van der Waals surface area contributed by atoms with Gasteiger partial charge < -0.3 is 39.9 Å². The van der Waals surface area contributed by atoms with Crippen molar-refractivity contribution in [2.45, 2.75) is 211 Å². The monoisotopic (exact) mass is 833 g/mol. The first-order valence-electron chi connectivity index (χ1n) is 21.8. The molecule has 0 heterocycles. The van der Waals surface area contributed by atoms with Crippen LogP contribution in [0.2, 0.25) is 0 Å². The number of aliphatic hydroxyl groups is 5. The predicted octanol–water partition coefficient (Wildman–Crippen LogP) is 7.83. The molecule has 0 aromatic rings. The summed E-state index contributed by atoms with van der Waals surface area (Å²) in [6.45, 7) is 3.16. The number of aliphatic hydroxyl groups excluding tert-OH is 5. The molecule has 6 unspecified atom stereocenters. The fourth-order valence-corrected chi connectivity index (χ4v) is 7.45. The summed E-state index contributed by atoms with van der Waals surface area (Å²) in [5.74, 6) is -1.12. The molecule has 332 valence electrons. The molecule has 0 saturated heterocycles. The van der Waals surface area contributed by atoms with Gasteiger partial charge in [-0.05, 0) is 44.9 Å². The average molecular weight is 833 g/mol. The first kappa shape index (κ1) is 53.1. The maximum absolute atomic E-state index is 12.8. The van der Waals surface area contributed by atoms with Crippen LogP contribution < -0.4 is 0 Å². The molecule has 0 aromatic carbocycles. The minimum absolute atomic E-state index is 0.0951. The number of phosphoric ester groups is 1. The van der Waals surface area contributed by atoms with E-state index in [0.29, 0.717) is 12.8 Å². The van der Waals surface area contributed by atoms with Crippen molar-refractivity contribution in [1.29, 1.82) is 0 Å². The molecule has 1 saturated carbocycles. The van der Waals surface area contributed by atoms with Gasteiger partial charge in [0.25, 0.3) is 0 Å². The van der Waals surface area contributed by atoms with Crippen LogP contribution in [0.3, 0.4) is 0 Å². The van der Waals surface area contributed by atoms with Crippen molar-refractivity contribution in [3.05, 3.63) is 36.5 Å². The van der Waals surface area contributed by atoms with Gasteiger partial charge in [0.15, 0.2) is 6.10 Å². The van der Waals surface area contributed by atoms with Crippen molar-refractivity contribution < 1.29 is 63.1 Å². The van der Waals surface area contributed by atoms with Crippen LogP contribution >= 0.6 is 7.82 Å². The third kappa shape index (κ3) is 26.7.